The molecule has 0 aromatic carbocycles. The maximum Gasteiger partial charge on any atom is 0.270 e. The van der Waals surface area contributed by atoms with Gasteiger partial charge in [0.2, 0.25) is 5.56 Å². The van der Waals surface area contributed by atoms with Crippen molar-refractivity contribution in [2.24, 2.45) is 0 Å². The molecule has 1 fully saturated rings. The normalized spacial score (nSPS) is 18.7. The Bertz CT molecular complexity index is 703. The number of nitrogens with zero attached hydrogens (tertiary/aromatic N) is 2. The fourth-order valence-corrected chi connectivity index (χ4v) is 2.77. The van der Waals surface area contributed by atoms with Gasteiger partial charge >= 0.3 is 0 Å². The molecule has 1 atom stereocenters. The number of rotatable bonds is 2. The van der Waals surface area contributed by atoms with Crippen LogP contribution in [0, 0.1) is 6.92 Å². The van der Waals surface area contributed by atoms with E-state index in [0.717, 1.165) is 24.4 Å². The minimum absolute atomic E-state index is 0.124. The molecule has 0 spiro atoms. The van der Waals surface area contributed by atoms with Crippen molar-refractivity contribution in [3.8, 4) is 0 Å². The first kappa shape index (κ1) is 13.6. The first-order valence-electron chi connectivity index (χ1n) is 7.13. The van der Waals surface area contributed by atoms with E-state index in [9.17, 15) is 9.59 Å². The van der Waals surface area contributed by atoms with Crippen LogP contribution in [0.15, 0.2) is 29.2 Å². The first-order valence-corrected chi connectivity index (χ1v) is 7.13. The quantitative estimate of drug-likeness (QED) is 0.876. The molecule has 1 amide bonds. The molecule has 2 aromatic rings. The van der Waals surface area contributed by atoms with Gasteiger partial charge in [0.25, 0.3) is 5.91 Å². The molecule has 1 saturated heterocycles. The van der Waals surface area contributed by atoms with E-state index >= 15 is 0 Å². The highest BCUT2D eigenvalue weighted by molar-refractivity contribution is 5.92. The second-order valence-corrected chi connectivity index (χ2v) is 5.47. The highest BCUT2D eigenvalue weighted by Gasteiger charge is 2.27. The smallest absolute Gasteiger partial charge is 0.270 e. The third-order valence-electron chi connectivity index (χ3n) is 3.82. The summed E-state index contributed by atoms with van der Waals surface area (Å²) >= 11 is 0. The Morgan fingerprint density at radius 1 is 1.38 bits per heavy atom. The van der Waals surface area contributed by atoms with E-state index in [4.69, 9.17) is 0 Å². The van der Waals surface area contributed by atoms with Crippen molar-refractivity contribution in [2.45, 2.75) is 25.7 Å². The van der Waals surface area contributed by atoms with Crippen LogP contribution < -0.4 is 5.56 Å². The molecule has 6 heteroatoms. The van der Waals surface area contributed by atoms with Crippen molar-refractivity contribution >= 4 is 5.91 Å². The van der Waals surface area contributed by atoms with Gasteiger partial charge in [-0.3, -0.25) is 9.59 Å². The van der Waals surface area contributed by atoms with Gasteiger partial charge < -0.3 is 14.9 Å². The summed E-state index contributed by atoms with van der Waals surface area (Å²) in [6.07, 6.45) is 3.76. The fourth-order valence-electron chi connectivity index (χ4n) is 2.77. The summed E-state index contributed by atoms with van der Waals surface area (Å²) in [5.74, 6) is 1.04. The lowest BCUT2D eigenvalue weighted by Crippen LogP contribution is -2.40. The summed E-state index contributed by atoms with van der Waals surface area (Å²) in [6.45, 7) is 3.31. The summed E-state index contributed by atoms with van der Waals surface area (Å²) in [7, 11) is 0. The Balaban J connectivity index is 1.77. The third kappa shape index (κ3) is 2.89. The van der Waals surface area contributed by atoms with E-state index in [2.05, 4.69) is 15.0 Å². The second-order valence-electron chi connectivity index (χ2n) is 5.47. The molecule has 110 valence electrons. The molecule has 3 heterocycles. The van der Waals surface area contributed by atoms with Crippen LogP contribution in [0.4, 0.5) is 0 Å². The zero-order valence-corrected chi connectivity index (χ0v) is 11.9. The number of carbonyl (C=O) groups excluding carboxylic acids is 1. The van der Waals surface area contributed by atoms with Crippen LogP contribution in [0.1, 0.15) is 40.8 Å². The minimum Gasteiger partial charge on any atom is -0.346 e. The van der Waals surface area contributed by atoms with Crippen LogP contribution in [-0.2, 0) is 0 Å². The van der Waals surface area contributed by atoms with Crippen LogP contribution in [-0.4, -0.2) is 38.8 Å². The number of nitrogens with one attached hydrogen (secondary N) is 2. The molecule has 21 heavy (non-hydrogen) atoms. The zero-order valence-electron chi connectivity index (χ0n) is 11.9. The number of aromatic amines is 2. The van der Waals surface area contributed by atoms with Crippen molar-refractivity contribution in [1.82, 2.24) is 19.9 Å². The molecule has 1 aliphatic rings. The molecule has 0 aliphatic carbocycles. The standard InChI is InChI=1S/C15H18N4O2/c1-10-8-16-14(17-10)11-4-3-7-19(9-11)15(21)12-5-2-6-13(20)18-12/h2,5-6,8,11H,3-4,7,9H2,1H3,(H,16,17)(H,18,20). The molecule has 2 aromatic heterocycles. The second kappa shape index (κ2) is 5.55. The average Bonchev–Trinajstić information content (AvgIpc) is 2.93. The number of imidazole rings is 1. The number of piperidine rings is 1. The average molecular weight is 286 g/mol. The molecule has 1 unspecified atom stereocenters. The van der Waals surface area contributed by atoms with Crippen molar-refractivity contribution in [1.29, 1.82) is 0 Å². The Labute approximate surface area is 122 Å². The number of aryl methyl sites for hydroxylation is 1. The number of hydrogen-bond acceptors (Lipinski definition) is 3. The van der Waals surface area contributed by atoms with Crippen LogP contribution >= 0.6 is 0 Å². The summed E-state index contributed by atoms with van der Waals surface area (Å²) < 4.78 is 0. The van der Waals surface area contributed by atoms with E-state index in [1.54, 1.807) is 17.0 Å². The van der Waals surface area contributed by atoms with E-state index in [-0.39, 0.29) is 17.4 Å². The van der Waals surface area contributed by atoms with Crippen LogP contribution in [0.25, 0.3) is 0 Å². The largest absolute Gasteiger partial charge is 0.346 e. The SMILES string of the molecule is Cc1cnc(C2CCCN(C(=O)c3cccc(=O)[nH]3)C2)[nH]1. The lowest BCUT2D eigenvalue weighted by atomic mass is 9.97. The number of hydrogen-bond donors (Lipinski definition) is 2. The Hall–Kier alpha value is -2.37. The van der Waals surface area contributed by atoms with Crippen LogP contribution in [0.2, 0.25) is 0 Å². The highest BCUT2D eigenvalue weighted by atomic mass is 16.2. The van der Waals surface area contributed by atoms with E-state index < -0.39 is 0 Å². The molecule has 0 bridgehead atoms. The summed E-state index contributed by atoms with van der Waals surface area (Å²) in [6, 6.07) is 4.65. The van der Waals surface area contributed by atoms with Crippen LogP contribution in [0.3, 0.4) is 0 Å². The third-order valence-corrected chi connectivity index (χ3v) is 3.82. The number of pyridine rings is 1. The van der Waals surface area contributed by atoms with Gasteiger partial charge in [0.05, 0.1) is 0 Å². The molecule has 6 nitrogen and oxygen atoms in total. The predicted molar refractivity (Wildman–Crippen MR) is 78.3 cm³/mol. The molecule has 0 radical (unpaired) electrons. The van der Waals surface area contributed by atoms with Crippen molar-refractivity contribution in [2.75, 3.05) is 13.1 Å². The molecule has 0 saturated carbocycles. The van der Waals surface area contributed by atoms with Gasteiger partial charge in [-0.15, -0.1) is 0 Å². The van der Waals surface area contributed by atoms with E-state index in [1.165, 1.54) is 6.07 Å². The maximum atomic E-state index is 12.5. The highest BCUT2D eigenvalue weighted by Crippen LogP contribution is 2.25. The lowest BCUT2D eigenvalue weighted by molar-refractivity contribution is 0.0698. The Kier molecular flexibility index (Phi) is 3.60. The van der Waals surface area contributed by atoms with Gasteiger partial charge in [-0.05, 0) is 25.8 Å². The zero-order chi connectivity index (χ0) is 14.8. The summed E-state index contributed by atoms with van der Waals surface area (Å²) in [5, 5.41) is 0. The number of likely N-dealkylation sites (tertiary alicyclic amines) is 1. The van der Waals surface area contributed by atoms with Gasteiger partial charge in [0, 0.05) is 37.0 Å². The number of carbonyl (C=O) groups is 1. The van der Waals surface area contributed by atoms with Crippen molar-refractivity contribution in [3.05, 3.63) is 52.0 Å². The fraction of sp³-hybridized carbons (Fsp3) is 0.400. The Morgan fingerprint density at radius 2 is 2.24 bits per heavy atom. The van der Waals surface area contributed by atoms with Gasteiger partial charge in [-0.1, -0.05) is 6.07 Å². The Morgan fingerprint density at radius 3 is 2.95 bits per heavy atom. The molecule has 2 N–H and O–H groups in total. The van der Waals surface area contributed by atoms with E-state index in [1.807, 2.05) is 13.1 Å². The molecule has 3 rings (SSSR count). The summed E-state index contributed by atoms with van der Waals surface area (Å²) in [4.78, 5) is 35.8. The van der Waals surface area contributed by atoms with Gasteiger partial charge in [-0.2, -0.15) is 0 Å². The van der Waals surface area contributed by atoms with Gasteiger partial charge in [0.1, 0.15) is 11.5 Å². The van der Waals surface area contributed by atoms with Crippen molar-refractivity contribution in [3.63, 3.8) is 0 Å². The van der Waals surface area contributed by atoms with Gasteiger partial charge in [0.15, 0.2) is 0 Å². The summed E-state index contributed by atoms with van der Waals surface area (Å²) in [5.41, 5.74) is 1.12. The monoisotopic (exact) mass is 286 g/mol. The number of amides is 1. The van der Waals surface area contributed by atoms with E-state index in [0.29, 0.717) is 18.8 Å². The topological polar surface area (TPSA) is 81.8 Å². The number of H-pyrrole nitrogens is 2. The van der Waals surface area contributed by atoms with Crippen LogP contribution in [0.5, 0.6) is 0 Å². The first-order chi connectivity index (χ1) is 10.1. The molecular formula is C15H18N4O2. The lowest BCUT2D eigenvalue weighted by Gasteiger charge is -2.31. The van der Waals surface area contributed by atoms with Crippen molar-refractivity contribution < 1.29 is 4.79 Å². The maximum absolute atomic E-state index is 12.5. The molecular weight excluding hydrogens is 268 g/mol. The predicted octanol–water partition coefficient (Wildman–Crippen LogP) is 1.43. The number of aromatic nitrogens is 3. The minimum atomic E-state index is -0.254. The van der Waals surface area contributed by atoms with Gasteiger partial charge in [-0.25, -0.2) is 4.98 Å². The molecule has 1 aliphatic heterocycles.